The van der Waals surface area contributed by atoms with Crippen LogP contribution in [-0.4, -0.2) is 18.1 Å². The molecule has 0 saturated heterocycles. The van der Waals surface area contributed by atoms with Gasteiger partial charge in [-0.3, -0.25) is 0 Å². The lowest BCUT2D eigenvalue weighted by molar-refractivity contribution is 0.309. The first kappa shape index (κ1) is 8.41. The maximum Gasteiger partial charge on any atom is 0.00558 e. The fourth-order valence-corrected chi connectivity index (χ4v) is 2.09. The van der Waals surface area contributed by atoms with E-state index in [-0.39, 0.29) is 0 Å². The molecule has 10 heavy (non-hydrogen) atoms. The van der Waals surface area contributed by atoms with Gasteiger partial charge in [0.1, 0.15) is 0 Å². The molecule has 1 nitrogen and oxygen atoms in total. The molecule has 0 aromatic rings. The fraction of sp³-hybridized carbons (Fsp3) is 1.00. The molecule has 0 aromatic carbocycles. The highest BCUT2D eigenvalue weighted by atomic mass is 32.2. The van der Waals surface area contributed by atoms with Gasteiger partial charge in [-0.2, -0.15) is 11.8 Å². The average molecular weight is 159 g/mol. The Morgan fingerprint density at radius 1 is 1.30 bits per heavy atom. The highest BCUT2D eigenvalue weighted by molar-refractivity contribution is 7.99. The summed E-state index contributed by atoms with van der Waals surface area (Å²) >= 11 is 2.01. The van der Waals surface area contributed by atoms with Crippen LogP contribution in [0.4, 0.5) is 0 Å². The molecule has 1 rings (SSSR count). The van der Waals surface area contributed by atoms with Gasteiger partial charge >= 0.3 is 0 Å². The zero-order valence-electron chi connectivity index (χ0n) is 6.51. The van der Waals surface area contributed by atoms with Crippen molar-refractivity contribution in [3.05, 3.63) is 0 Å². The number of hydrogen-bond acceptors (Lipinski definition) is 2. The minimum absolute atomic E-state index is 0.843. The molecule has 2 heteroatoms. The molecule has 1 aliphatic rings. The minimum Gasteiger partial charge on any atom is -0.330 e. The Kier molecular flexibility index (Phi) is 4.23. The van der Waals surface area contributed by atoms with E-state index in [1.54, 1.807) is 0 Å². The van der Waals surface area contributed by atoms with E-state index in [0.717, 1.165) is 18.2 Å². The molecule has 0 heterocycles. The Morgan fingerprint density at radius 2 is 2.10 bits per heavy atom. The minimum atomic E-state index is 0.843. The van der Waals surface area contributed by atoms with Gasteiger partial charge in [0.05, 0.1) is 0 Å². The third-order valence-electron chi connectivity index (χ3n) is 2.16. The van der Waals surface area contributed by atoms with Crippen molar-refractivity contribution >= 4 is 11.8 Å². The fourth-order valence-electron chi connectivity index (χ4n) is 1.22. The van der Waals surface area contributed by atoms with Crippen LogP contribution in [-0.2, 0) is 0 Å². The quantitative estimate of drug-likeness (QED) is 0.620. The van der Waals surface area contributed by atoms with Crippen LogP contribution in [0.5, 0.6) is 0 Å². The Bertz CT molecular complexity index is 81.3. The van der Waals surface area contributed by atoms with Crippen molar-refractivity contribution in [1.82, 2.24) is 0 Å². The predicted octanol–water partition coefficient (Wildman–Crippen LogP) is 1.87. The van der Waals surface area contributed by atoms with Crippen LogP contribution < -0.4 is 5.73 Å². The summed E-state index contributed by atoms with van der Waals surface area (Å²) < 4.78 is 0. The summed E-state index contributed by atoms with van der Waals surface area (Å²) in [5, 5.41) is 0. The van der Waals surface area contributed by atoms with Crippen LogP contribution >= 0.6 is 11.8 Å². The van der Waals surface area contributed by atoms with Crippen LogP contribution in [0.15, 0.2) is 0 Å². The monoisotopic (exact) mass is 159 g/mol. The number of hydrogen-bond donors (Lipinski definition) is 1. The molecule has 0 unspecified atom stereocenters. The van der Waals surface area contributed by atoms with Crippen molar-refractivity contribution in [2.45, 2.75) is 25.7 Å². The Morgan fingerprint density at radius 3 is 2.60 bits per heavy atom. The van der Waals surface area contributed by atoms with Crippen molar-refractivity contribution in [2.24, 2.45) is 11.7 Å². The van der Waals surface area contributed by atoms with Crippen molar-refractivity contribution in [3.63, 3.8) is 0 Å². The van der Waals surface area contributed by atoms with Crippen molar-refractivity contribution in [3.8, 4) is 0 Å². The number of rotatable bonds is 5. The third kappa shape index (κ3) is 2.93. The first-order chi connectivity index (χ1) is 4.93. The Labute approximate surface area is 67.8 Å². The van der Waals surface area contributed by atoms with Crippen LogP contribution in [0, 0.1) is 5.92 Å². The lowest BCUT2D eigenvalue weighted by Gasteiger charge is -2.24. The highest BCUT2D eigenvalue weighted by Crippen LogP contribution is 2.30. The second kappa shape index (κ2) is 5.03. The molecule has 0 atom stereocenters. The van der Waals surface area contributed by atoms with Gasteiger partial charge in [-0.05, 0) is 18.1 Å². The molecular weight excluding hydrogens is 142 g/mol. The van der Waals surface area contributed by atoms with E-state index in [1.807, 2.05) is 11.8 Å². The van der Waals surface area contributed by atoms with E-state index in [1.165, 1.54) is 31.4 Å². The zero-order chi connectivity index (χ0) is 7.23. The molecular formula is C8H17NS. The highest BCUT2D eigenvalue weighted by Gasteiger charge is 2.15. The smallest absolute Gasteiger partial charge is 0.00558 e. The van der Waals surface area contributed by atoms with Gasteiger partial charge in [0.25, 0.3) is 0 Å². The molecule has 0 aliphatic heterocycles. The topological polar surface area (TPSA) is 26.0 Å². The van der Waals surface area contributed by atoms with Crippen molar-refractivity contribution in [2.75, 3.05) is 18.1 Å². The van der Waals surface area contributed by atoms with E-state index in [0.29, 0.717) is 0 Å². The maximum absolute atomic E-state index is 5.37. The summed E-state index contributed by atoms with van der Waals surface area (Å²) in [6, 6.07) is 0. The molecule has 0 spiro atoms. The average Bonchev–Trinajstić information content (AvgIpc) is 1.84. The van der Waals surface area contributed by atoms with E-state index in [2.05, 4.69) is 0 Å². The van der Waals surface area contributed by atoms with Crippen LogP contribution in [0.2, 0.25) is 0 Å². The normalized spacial score (nSPS) is 18.9. The van der Waals surface area contributed by atoms with E-state index in [4.69, 9.17) is 5.73 Å². The van der Waals surface area contributed by atoms with Gasteiger partial charge < -0.3 is 5.73 Å². The first-order valence-corrected chi connectivity index (χ1v) is 5.37. The Balaban J connectivity index is 1.76. The molecule has 60 valence electrons. The van der Waals surface area contributed by atoms with Gasteiger partial charge in [0.2, 0.25) is 0 Å². The molecule has 0 amide bonds. The predicted molar refractivity (Wildman–Crippen MR) is 48.3 cm³/mol. The van der Waals surface area contributed by atoms with E-state index in [9.17, 15) is 0 Å². The Hall–Kier alpha value is 0.310. The first-order valence-electron chi connectivity index (χ1n) is 4.21. The van der Waals surface area contributed by atoms with E-state index >= 15 is 0 Å². The van der Waals surface area contributed by atoms with Crippen molar-refractivity contribution in [1.29, 1.82) is 0 Å². The lowest BCUT2D eigenvalue weighted by atomic mass is 9.84. The molecule has 0 radical (unpaired) electrons. The molecule has 0 aromatic heterocycles. The van der Waals surface area contributed by atoms with Gasteiger partial charge in [0, 0.05) is 12.3 Å². The summed E-state index contributed by atoms with van der Waals surface area (Å²) in [4.78, 5) is 0. The van der Waals surface area contributed by atoms with Gasteiger partial charge in [-0.25, -0.2) is 0 Å². The number of nitrogens with two attached hydrogens (primary N) is 1. The van der Waals surface area contributed by atoms with E-state index < -0.39 is 0 Å². The SMILES string of the molecule is NCCSCCC1CCC1. The second-order valence-electron chi connectivity index (χ2n) is 2.99. The second-order valence-corrected chi connectivity index (χ2v) is 4.21. The van der Waals surface area contributed by atoms with Gasteiger partial charge in [0.15, 0.2) is 0 Å². The molecule has 2 N–H and O–H groups in total. The van der Waals surface area contributed by atoms with Crippen LogP contribution in [0.3, 0.4) is 0 Å². The molecule has 1 saturated carbocycles. The lowest BCUT2D eigenvalue weighted by Crippen LogP contribution is -2.12. The van der Waals surface area contributed by atoms with Crippen molar-refractivity contribution < 1.29 is 0 Å². The third-order valence-corrected chi connectivity index (χ3v) is 3.21. The van der Waals surface area contributed by atoms with Gasteiger partial charge in [-0.1, -0.05) is 19.3 Å². The zero-order valence-corrected chi connectivity index (χ0v) is 7.33. The standard InChI is InChI=1S/C8H17NS/c9-5-7-10-6-4-8-2-1-3-8/h8H,1-7,9H2. The summed E-state index contributed by atoms with van der Waals surface area (Å²) in [6.07, 6.45) is 5.89. The molecule has 1 aliphatic carbocycles. The molecule has 1 fully saturated rings. The molecule has 0 bridgehead atoms. The van der Waals surface area contributed by atoms with Crippen LogP contribution in [0.25, 0.3) is 0 Å². The van der Waals surface area contributed by atoms with Gasteiger partial charge in [-0.15, -0.1) is 0 Å². The maximum atomic E-state index is 5.37. The number of thioether (sulfide) groups is 1. The summed E-state index contributed by atoms with van der Waals surface area (Å²) in [7, 11) is 0. The largest absolute Gasteiger partial charge is 0.330 e. The summed E-state index contributed by atoms with van der Waals surface area (Å²) in [5.41, 5.74) is 5.37. The van der Waals surface area contributed by atoms with Crippen LogP contribution in [0.1, 0.15) is 25.7 Å². The summed E-state index contributed by atoms with van der Waals surface area (Å²) in [5.74, 6) is 3.56. The summed E-state index contributed by atoms with van der Waals surface area (Å²) in [6.45, 7) is 0.843.